The minimum atomic E-state index is 0. The lowest BCUT2D eigenvalue weighted by atomic mass is 9.99. The number of hydrogen-bond donors (Lipinski definition) is 1. The van der Waals surface area contributed by atoms with Gasteiger partial charge < -0.3 is 19.7 Å². The predicted octanol–water partition coefficient (Wildman–Crippen LogP) is 3.70. The van der Waals surface area contributed by atoms with Crippen LogP contribution in [0.3, 0.4) is 0 Å². The van der Waals surface area contributed by atoms with Gasteiger partial charge in [-0.15, -0.1) is 24.0 Å². The van der Waals surface area contributed by atoms with Gasteiger partial charge in [0.15, 0.2) is 17.5 Å². The van der Waals surface area contributed by atoms with Crippen molar-refractivity contribution in [3.05, 3.63) is 77.1 Å². The quantitative estimate of drug-likeness (QED) is 0.290. The summed E-state index contributed by atoms with van der Waals surface area (Å²) in [6.07, 6.45) is 4.92. The van der Waals surface area contributed by atoms with Crippen molar-refractivity contribution in [1.82, 2.24) is 20.0 Å². The smallest absolute Gasteiger partial charge is 0.194 e. The van der Waals surface area contributed by atoms with Crippen LogP contribution in [0.2, 0.25) is 0 Å². The number of rotatable bonds is 6. The Morgan fingerprint density at radius 2 is 1.78 bits per heavy atom. The third-order valence-electron chi connectivity index (χ3n) is 5.55. The second-order valence-electron chi connectivity index (χ2n) is 7.58. The first kappa shape index (κ1) is 23.9. The molecule has 4 rings (SSSR count). The molecule has 0 saturated carbocycles. The van der Waals surface area contributed by atoms with Gasteiger partial charge in [-0.05, 0) is 35.2 Å². The molecule has 3 aromatic rings. The summed E-state index contributed by atoms with van der Waals surface area (Å²) in [4.78, 5) is 6.77. The van der Waals surface area contributed by atoms with Crippen LogP contribution in [0.1, 0.15) is 22.3 Å². The fourth-order valence-corrected chi connectivity index (χ4v) is 3.93. The van der Waals surface area contributed by atoms with E-state index in [9.17, 15) is 0 Å². The van der Waals surface area contributed by atoms with E-state index in [1.807, 2.05) is 36.1 Å². The Balaban J connectivity index is 0.00000289. The van der Waals surface area contributed by atoms with Crippen LogP contribution in [0, 0.1) is 0 Å². The summed E-state index contributed by atoms with van der Waals surface area (Å²) in [5.74, 6) is 2.43. The van der Waals surface area contributed by atoms with Crippen LogP contribution in [0.25, 0.3) is 0 Å². The van der Waals surface area contributed by atoms with Crippen molar-refractivity contribution < 1.29 is 9.47 Å². The van der Waals surface area contributed by atoms with Crippen LogP contribution in [-0.4, -0.2) is 48.5 Å². The van der Waals surface area contributed by atoms with E-state index in [4.69, 9.17) is 9.47 Å². The van der Waals surface area contributed by atoms with E-state index in [1.165, 1.54) is 16.7 Å². The van der Waals surface area contributed by atoms with Crippen LogP contribution in [0.5, 0.6) is 11.5 Å². The summed E-state index contributed by atoms with van der Waals surface area (Å²) >= 11 is 0. The summed E-state index contributed by atoms with van der Waals surface area (Å²) in [7, 11) is 5.17. The molecule has 0 unspecified atom stereocenters. The zero-order valence-corrected chi connectivity index (χ0v) is 21.1. The number of aromatic nitrogens is 2. The molecule has 1 aliphatic heterocycles. The van der Waals surface area contributed by atoms with Crippen molar-refractivity contribution in [2.24, 2.45) is 4.99 Å². The second kappa shape index (κ2) is 11.2. The van der Waals surface area contributed by atoms with Crippen LogP contribution in [0.4, 0.5) is 0 Å². The average molecular weight is 547 g/mol. The fourth-order valence-electron chi connectivity index (χ4n) is 3.93. The Labute approximate surface area is 206 Å². The molecule has 0 radical (unpaired) electrons. The van der Waals surface area contributed by atoms with Gasteiger partial charge in [-0.2, -0.15) is 5.10 Å². The number of guanidine groups is 1. The number of nitrogens with zero attached hydrogens (tertiary/aromatic N) is 4. The van der Waals surface area contributed by atoms with Crippen molar-refractivity contribution in [3.63, 3.8) is 0 Å². The molecule has 2 aromatic carbocycles. The van der Waals surface area contributed by atoms with E-state index >= 15 is 0 Å². The number of aliphatic imine (C=N–C) groups is 1. The molecule has 0 bridgehead atoms. The van der Waals surface area contributed by atoms with Gasteiger partial charge in [-0.1, -0.05) is 30.3 Å². The molecule has 0 amide bonds. The molecule has 1 N–H and O–H groups in total. The lowest BCUT2D eigenvalue weighted by molar-refractivity contribution is 0.346. The molecule has 7 nitrogen and oxygen atoms in total. The van der Waals surface area contributed by atoms with E-state index in [1.54, 1.807) is 14.2 Å². The van der Waals surface area contributed by atoms with Gasteiger partial charge in [0.25, 0.3) is 0 Å². The number of hydrogen-bond acceptors (Lipinski definition) is 4. The van der Waals surface area contributed by atoms with Crippen LogP contribution < -0.4 is 14.8 Å². The fraction of sp³-hybridized carbons (Fsp3) is 0.333. The monoisotopic (exact) mass is 547 g/mol. The average Bonchev–Trinajstić information content (AvgIpc) is 3.26. The van der Waals surface area contributed by atoms with E-state index in [0.29, 0.717) is 6.54 Å². The van der Waals surface area contributed by atoms with Crippen molar-refractivity contribution in [1.29, 1.82) is 0 Å². The summed E-state index contributed by atoms with van der Waals surface area (Å²) < 4.78 is 12.9. The molecule has 32 heavy (non-hydrogen) atoms. The third-order valence-corrected chi connectivity index (χ3v) is 5.55. The Kier molecular flexibility index (Phi) is 8.38. The number of nitrogens with one attached hydrogen (secondary N) is 1. The van der Waals surface area contributed by atoms with Gasteiger partial charge in [0.05, 0.1) is 27.0 Å². The lowest BCUT2D eigenvalue weighted by Crippen LogP contribution is -2.43. The Morgan fingerprint density at radius 1 is 1.06 bits per heavy atom. The first-order valence-electron chi connectivity index (χ1n) is 10.4. The van der Waals surface area contributed by atoms with Gasteiger partial charge in [-0.25, -0.2) is 0 Å². The first-order chi connectivity index (χ1) is 15.2. The van der Waals surface area contributed by atoms with Crippen LogP contribution in [-0.2, 0) is 26.1 Å². The number of halogens is 1. The zero-order valence-electron chi connectivity index (χ0n) is 18.7. The molecule has 0 aliphatic carbocycles. The number of methoxy groups -OCH3 is 2. The molecule has 0 atom stereocenters. The highest BCUT2D eigenvalue weighted by Crippen LogP contribution is 2.33. The van der Waals surface area contributed by atoms with Gasteiger partial charge in [0.1, 0.15) is 0 Å². The Morgan fingerprint density at radius 3 is 2.47 bits per heavy atom. The zero-order chi connectivity index (χ0) is 21.6. The normalized spacial score (nSPS) is 13.2. The van der Waals surface area contributed by atoms with Crippen LogP contribution in [0.15, 0.2) is 59.9 Å². The summed E-state index contributed by atoms with van der Waals surface area (Å²) in [5.41, 5.74) is 4.90. The molecule has 1 aromatic heterocycles. The van der Waals surface area contributed by atoms with Gasteiger partial charge in [-0.3, -0.25) is 9.67 Å². The van der Waals surface area contributed by atoms with Crippen molar-refractivity contribution in [2.45, 2.75) is 26.1 Å². The van der Waals surface area contributed by atoms with Crippen LogP contribution >= 0.6 is 24.0 Å². The first-order valence-corrected chi connectivity index (χ1v) is 10.4. The minimum Gasteiger partial charge on any atom is -0.493 e. The largest absolute Gasteiger partial charge is 0.493 e. The summed E-state index contributed by atoms with van der Waals surface area (Å²) in [6.45, 7) is 3.12. The van der Waals surface area contributed by atoms with Gasteiger partial charge >= 0.3 is 0 Å². The van der Waals surface area contributed by atoms with E-state index in [0.717, 1.165) is 49.1 Å². The molecule has 170 valence electrons. The highest BCUT2D eigenvalue weighted by molar-refractivity contribution is 14.0. The molecular weight excluding hydrogens is 517 g/mol. The molecular formula is C24H30IN5O2. The predicted molar refractivity (Wildman–Crippen MR) is 137 cm³/mol. The summed E-state index contributed by atoms with van der Waals surface area (Å²) in [5, 5.41) is 7.97. The topological polar surface area (TPSA) is 63.9 Å². The van der Waals surface area contributed by atoms with Gasteiger partial charge in [0, 0.05) is 38.4 Å². The Bertz CT molecular complexity index is 1050. The molecule has 8 heteroatoms. The number of ether oxygens (including phenoxy) is 2. The maximum atomic E-state index is 5.48. The number of benzene rings is 2. The maximum Gasteiger partial charge on any atom is 0.194 e. The molecule has 0 spiro atoms. The van der Waals surface area contributed by atoms with E-state index in [2.05, 4.69) is 50.8 Å². The minimum absolute atomic E-state index is 0. The third kappa shape index (κ3) is 5.53. The standard InChI is InChI=1S/C24H29N5O2.HI/c1-25-24(26-13-19-14-27-29(16-19)15-18-7-5-4-6-8-18)28-10-9-20-11-22(30-2)23(31-3)12-21(20)17-28;/h4-8,11-12,14,16H,9-10,13,15,17H2,1-3H3,(H,25,26);1H. The molecule has 1 aliphatic rings. The lowest BCUT2D eigenvalue weighted by Gasteiger charge is -2.32. The van der Waals surface area contributed by atoms with E-state index < -0.39 is 0 Å². The number of fused-ring (bicyclic) bond motifs is 1. The van der Waals surface area contributed by atoms with E-state index in [-0.39, 0.29) is 24.0 Å². The van der Waals surface area contributed by atoms with Crippen molar-refractivity contribution >= 4 is 29.9 Å². The highest BCUT2D eigenvalue weighted by Gasteiger charge is 2.21. The highest BCUT2D eigenvalue weighted by atomic mass is 127. The SMILES string of the molecule is CN=C(NCc1cnn(Cc2ccccc2)c1)N1CCc2cc(OC)c(OC)cc2C1.I. The van der Waals surface area contributed by atoms with Crippen molar-refractivity contribution in [2.75, 3.05) is 27.8 Å². The second-order valence-corrected chi connectivity index (χ2v) is 7.58. The molecule has 2 heterocycles. The molecule has 0 fully saturated rings. The maximum absolute atomic E-state index is 5.48. The molecule has 0 saturated heterocycles. The van der Waals surface area contributed by atoms with Crippen molar-refractivity contribution in [3.8, 4) is 11.5 Å². The van der Waals surface area contributed by atoms with Gasteiger partial charge in [0.2, 0.25) is 0 Å². The summed E-state index contributed by atoms with van der Waals surface area (Å²) in [6, 6.07) is 14.5. The Hall–Kier alpha value is -2.75.